The molecule has 1 aliphatic rings. The number of pyridine rings is 1. The molecule has 1 saturated heterocycles. The van der Waals surface area contributed by atoms with Crippen molar-refractivity contribution in [1.29, 1.82) is 0 Å². The lowest BCUT2D eigenvalue weighted by Crippen LogP contribution is -2.25. The smallest absolute Gasteiger partial charge is 0.228 e. The summed E-state index contributed by atoms with van der Waals surface area (Å²) < 4.78 is 10.6. The third-order valence-electron chi connectivity index (χ3n) is 2.92. The first-order chi connectivity index (χ1) is 8.78. The number of anilines is 1. The second kappa shape index (κ2) is 6.35. The zero-order valence-electron chi connectivity index (χ0n) is 10.5. The van der Waals surface area contributed by atoms with E-state index in [1.165, 1.54) is 0 Å². The van der Waals surface area contributed by atoms with Gasteiger partial charge in [-0.25, -0.2) is 4.98 Å². The van der Waals surface area contributed by atoms with Crippen molar-refractivity contribution in [2.45, 2.75) is 31.8 Å². The Kier molecular flexibility index (Phi) is 4.52. The molecular weight excluding hydrogens is 232 g/mol. The second-order valence-corrected chi connectivity index (χ2v) is 4.32. The first kappa shape index (κ1) is 12.8. The van der Waals surface area contributed by atoms with E-state index < -0.39 is 0 Å². The van der Waals surface area contributed by atoms with Gasteiger partial charge in [0.15, 0.2) is 0 Å². The average Bonchev–Trinajstić information content (AvgIpc) is 2.40. The molecule has 18 heavy (non-hydrogen) atoms. The monoisotopic (exact) mass is 250 g/mol. The number of carbonyl (C=O) groups is 1. The largest absolute Gasteiger partial charge is 0.497 e. The van der Waals surface area contributed by atoms with Gasteiger partial charge in [0.05, 0.1) is 19.6 Å². The Labute approximate surface area is 107 Å². The van der Waals surface area contributed by atoms with Crippen LogP contribution in [0.5, 0.6) is 5.75 Å². The molecule has 1 atom stereocenters. The van der Waals surface area contributed by atoms with Crippen LogP contribution in [0.4, 0.5) is 5.82 Å². The molecule has 5 nitrogen and oxygen atoms in total. The first-order valence-electron chi connectivity index (χ1n) is 6.19. The van der Waals surface area contributed by atoms with Gasteiger partial charge in [-0.1, -0.05) is 0 Å². The van der Waals surface area contributed by atoms with Crippen molar-refractivity contribution in [2.75, 3.05) is 19.0 Å². The van der Waals surface area contributed by atoms with E-state index in [1.54, 1.807) is 25.4 Å². The van der Waals surface area contributed by atoms with E-state index in [0.717, 1.165) is 25.9 Å². The molecule has 5 heteroatoms. The number of nitrogens with zero attached hydrogens (tertiary/aromatic N) is 1. The van der Waals surface area contributed by atoms with E-state index in [2.05, 4.69) is 10.3 Å². The van der Waals surface area contributed by atoms with Gasteiger partial charge in [0.1, 0.15) is 11.6 Å². The summed E-state index contributed by atoms with van der Waals surface area (Å²) in [4.78, 5) is 15.9. The molecule has 1 aromatic heterocycles. The molecule has 2 rings (SSSR count). The van der Waals surface area contributed by atoms with Crippen molar-refractivity contribution in [3.05, 3.63) is 18.3 Å². The minimum Gasteiger partial charge on any atom is -0.497 e. The molecule has 98 valence electrons. The summed E-state index contributed by atoms with van der Waals surface area (Å²) >= 11 is 0. The summed E-state index contributed by atoms with van der Waals surface area (Å²) in [7, 11) is 1.58. The van der Waals surface area contributed by atoms with E-state index >= 15 is 0 Å². The summed E-state index contributed by atoms with van der Waals surface area (Å²) in [6, 6.07) is 3.43. The number of hydrogen-bond acceptors (Lipinski definition) is 4. The molecule has 1 fully saturated rings. The highest BCUT2D eigenvalue weighted by molar-refractivity contribution is 5.90. The number of methoxy groups -OCH3 is 1. The number of ether oxygens (including phenoxy) is 2. The van der Waals surface area contributed by atoms with E-state index in [4.69, 9.17) is 9.47 Å². The summed E-state index contributed by atoms with van der Waals surface area (Å²) in [6.07, 6.45) is 5.22. The van der Waals surface area contributed by atoms with Gasteiger partial charge < -0.3 is 14.8 Å². The molecule has 0 spiro atoms. The van der Waals surface area contributed by atoms with Gasteiger partial charge in [-0.3, -0.25) is 4.79 Å². The molecule has 1 unspecified atom stereocenters. The summed E-state index contributed by atoms with van der Waals surface area (Å²) in [5, 5.41) is 2.75. The van der Waals surface area contributed by atoms with Crippen LogP contribution in [0.25, 0.3) is 0 Å². The highest BCUT2D eigenvalue weighted by Crippen LogP contribution is 2.17. The van der Waals surface area contributed by atoms with Crippen LogP contribution >= 0.6 is 0 Å². The minimum atomic E-state index is -0.0670. The van der Waals surface area contributed by atoms with Crippen molar-refractivity contribution in [2.24, 2.45) is 0 Å². The van der Waals surface area contributed by atoms with E-state index in [0.29, 0.717) is 18.0 Å². The van der Waals surface area contributed by atoms with Crippen molar-refractivity contribution in [3.8, 4) is 5.75 Å². The number of nitrogens with one attached hydrogen (secondary N) is 1. The lowest BCUT2D eigenvalue weighted by molar-refractivity contribution is -0.119. The lowest BCUT2D eigenvalue weighted by Gasteiger charge is -2.21. The van der Waals surface area contributed by atoms with Crippen molar-refractivity contribution >= 4 is 11.7 Å². The van der Waals surface area contributed by atoms with E-state index in [-0.39, 0.29) is 12.0 Å². The molecule has 1 aromatic rings. The quantitative estimate of drug-likeness (QED) is 0.887. The van der Waals surface area contributed by atoms with Crippen LogP contribution in [0.3, 0.4) is 0 Å². The maximum atomic E-state index is 11.8. The van der Waals surface area contributed by atoms with E-state index in [9.17, 15) is 4.79 Å². The number of hydrogen-bond donors (Lipinski definition) is 1. The summed E-state index contributed by atoms with van der Waals surface area (Å²) in [6.45, 7) is 0.759. The van der Waals surface area contributed by atoms with Crippen LogP contribution < -0.4 is 10.1 Å². The van der Waals surface area contributed by atoms with Crippen molar-refractivity contribution in [1.82, 2.24) is 4.98 Å². The summed E-state index contributed by atoms with van der Waals surface area (Å²) in [5.74, 6) is 1.12. The highest BCUT2D eigenvalue weighted by atomic mass is 16.5. The number of rotatable bonds is 4. The Morgan fingerprint density at radius 3 is 3.22 bits per heavy atom. The maximum Gasteiger partial charge on any atom is 0.228 e. The molecular formula is C13H18N2O3. The molecule has 0 saturated carbocycles. The predicted molar refractivity (Wildman–Crippen MR) is 67.6 cm³/mol. The topological polar surface area (TPSA) is 60.5 Å². The van der Waals surface area contributed by atoms with Crippen LogP contribution in [-0.2, 0) is 9.53 Å². The second-order valence-electron chi connectivity index (χ2n) is 4.32. The van der Waals surface area contributed by atoms with Crippen molar-refractivity contribution < 1.29 is 14.3 Å². The molecule has 2 heterocycles. The standard InChI is InChI=1S/C13H18N2O3/c1-17-10-5-6-14-12(8-10)15-13(16)9-11-4-2-3-7-18-11/h5-6,8,11H,2-4,7,9H2,1H3,(H,14,15,16). The Morgan fingerprint density at radius 2 is 2.50 bits per heavy atom. The zero-order chi connectivity index (χ0) is 12.8. The molecule has 0 bridgehead atoms. The van der Waals surface area contributed by atoms with Gasteiger partial charge >= 0.3 is 0 Å². The van der Waals surface area contributed by atoms with Crippen LogP contribution in [0, 0.1) is 0 Å². The van der Waals surface area contributed by atoms with E-state index in [1.807, 2.05) is 0 Å². The fraction of sp³-hybridized carbons (Fsp3) is 0.538. The third-order valence-corrected chi connectivity index (χ3v) is 2.92. The molecule has 0 radical (unpaired) electrons. The van der Waals surface area contributed by atoms with Gasteiger partial charge in [0, 0.05) is 18.9 Å². The minimum absolute atomic E-state index is 0.0457. The molecule has 0 aliphatic carbocycles. The highest BCUT2D eigenvalue weighted by Gasteiger charge is 2.17. The Morgan fingerprint density at radius 1 is 1.61 bits per heavy atom. The van der Waals surface area contributed by atoms with Crippen LogP contribution in [0.15, 0.2) is 18.3 Å². The van der Waals surface area contributed by atoms with Gasteiger partial charge in [-0.05, 0) is 25.3 Å². The van der Waals surface area contributed by atoms with Gasteiger partial charge in [-0.15, -0.1) is 0 Å². The normalized spacial score (nSPS) is 19.3. The lowest BCUT2D eigenvalue weighted by atomic mass is 10.1. The molecule has 0 aromatic carbocycles. The SMILES string of the molecule is COc1ccnc(NC(=O)CC2CCCCO2)c1. The fourth-order valence-corrected chi connectivity index (χ4v) is 1.98. The number of amides is 1. The van der Waals surface area contributed by atoms with Crippen LogP contribution in [0.1, 0.15) is 25.7 Å². The average molecular weight is 250 g/mol. The molecule has 1 aliphatic heterocycles. The first-order valence-corrected chi connectivity index (χ1v) is 6.19. The molecule has 1 amide bonds. The number of aromatic nitrogens is 1. The Balaban J connectivity index is 1.85. The van der Waals surface area contributed by atoms with Gasteiger partial charge in [-0.2, -0.15) is 0 Å². The number of carbonyl (C=O) groups excluding carboxylic acids is 1. The van der Waals surface area contributed by atoms with Crippen LogP contribution in [0.2, 0.25) is 0 Å². The Bertz CT molecular complexity index is 403. The molecule has 1 N–H and O–H groups in total. The fourth-order valence-electron chi connectivity index (χ4n) is 1.98. The zero-order valence-corrected chi connectivity index (χ0v) is 10.5. The predicted octanol–water partition coefficient (Wildman–Crippen LogP) is 1.99. The summed E-state index contributed by atoms with van der Waals surface area (Å²) in [5.41, 5.74) is 0. The van der Waals surface area contributed by atoms with Gasteiger partial charge in [0.25, 0.3) is 0 Å². The maximum absolute atomic E-state index is 11.8. The van der Waals surface area contributed by atoms with Crippen molar-refractivity contribution in [3.63, 3.8) is 0 Å². The third kappa shape index (κ3) is 3.70. The Hall–Kier alpha value is -1.62. The van der Waals surface area contributed by atoms with Crippen LogP contribution in [-0.4, -0.2) is 30.7 Å². The van der Waals surface area contributed by atoms with Gasteiger partial charge in [0.2, 0.25) is 5.91 Å².